The van der Waals surface area contributed by atoms with Crippen LogP contribution < -0.4 is 25.0 Å². The largest absolute Gasteiger partial charge is 0.508 e. The quantitative estimate of drug-likeness (QED) is 0.0989. The number of thioether (sulfide) groups is 1. The molecule has 0 bridgehead atoms. The predicted molar refractivity (Wildman–Crippen MR) is 203 cm³/mol. The Labute approximate surface area is 310 Å². The smallest absolute Gasteiger partial charge is 0.329 e. The van der Waals surface area contributed by atoms with Crippen molar-refractivity contribution in [1.29, 1.82) is 0 Å². The SMILES string of the molecule is CCCCC1(CCCC)CN(c2ccccc2)c2cc(SC)c(OCC(=O)N[C@@H](C(=O)NC(C)(CC)C(=O)O)c3ccc(O)cc3)cc2S(=O)(=O)N1. The molecule has 52 heavy (non-hydrogen) atoms. The van der Waals surface area contributed by atoms with Gasteiger partial charge in [0.1, 0.15) is 28.0 Å². The van der Waals surface area contributed by atoms with Crippen LogP contribution in [0.3, 0.4) is 0 Å². The maximum atomic E-state index is 14.3. The molecule has 12 nitrogen and oxygen atoms in total. The minimum Gasteiger partial charge on any atom is -0.508 e. The third kappa shape index (κ3) is 9.58. The molecule has 0 aromatic heterocycles. The van der Waals surface area contributed by atoms with Gasteiger partial charge in [-0.3, -0.25) is 9.59 Å². The van der Waals surface area contributed by atoms with E-state index in [1.807, 2.05) is 36.6 Å². The number of aromatic hydroxyl groups is 1. The van der Waals surface area contributed by atoms with Crippen LogP contribution in [0.25, 0.3) is 0 Å². The number of carboxylic acids is 1. The fourth-order valence-corrected chi connectivity index (χ4v) is 8.40. The lowest BCUT2D eigenvalue weighted by atomic mass is 9.87. The third-order valence-corrected chi connectivity index (χ3v) is 11.8. The molecule has 2 atom stereocenters. The number of amides is 2. The topological polar surface area (TPSA) is 174 Å². The number of aliphatic carboxylic acids is 1. The molecule has 0 aliphatic carbocycles. The summed E-state index contributed by atoms with van der Waals surface area (Å²) in [7, 11) is -4.07. The van der Waals surface area contributed by atoms with Gasteiger partial charge in [-0.05, 0) is 68.3 Å². The van der Waals surface area contributed by atoms with E-state index in [1.165, 1.54) is 49.0 Å². The molecule has 3 aromatic rings. The number of sulfonamides is 1. The molecule has 2 amide bonds. The molecule has 1 aliphatic rings. The summed E-state index contributed by atoms with van der Waals surface area (Å²) < 4.78 is 37.7. The zero-order chi connectivity index (χ0) is 38.1. The van der Waals surface area contributed by atoms with Crippen LogP contribution in [0.2, 0.25) is 0 Å². The van der Waals surface area contributed by atoms with Crippen LogP contribution in [-0.2, 0) is 24.4 Å². The van der Waals surface area contributed by atoms with Crippen molar-refractivity contribution >= 4 is 50.9 Å². The van der Waals surface area contributed by atoms with Crippen molar-refractivity contribution in [2.24, 2.45) is 0 Å². The molecule has 0 saturated heterocycles. The molecule has 1 aliphatic heterocycles. The Kier molecular flexibility index (Phi) is 13.6. The summed E-state index contributed by atoms with van der Waals surface area (Å²) in [6.45, 7) is 7.01. The van der Waals surface area contributed by atoms with Gasteiger partial charge in [0.2, 0.25) is 15.9 Å². The lowest BCUT2D eigenvalue weighted by molar-refractivity contribution is -0.147. The number of benzene rings is 3. The number of hydrogen-bond acceptors (Lipinski definition) is 9. The van der Waals surface area contributed by atoms with Crippen molar-refractivity contribution in [1.82, 2.24) is 15.4 Å². The zero-order valence-corrected chi connectivity index (χ0v) is 32.0. The second kappa shape index (κ2) is 17.5. The van der Waals surface area contributed by atoms with Crippen molar-refractivity contribution in [3.05, 3.63) is 72.3 Å². The van der Waals surface area contributed by atoms with E-state index in [4.69, 9.17) is 4.74 Å². The third-order valence-electron chi connectivity index (χ3n) is 9.45. The first-order valence-electron chi connectivity index (χ1n) is 17.6. The van der Waals surface area contributed by atoms with Gasteiger partial charge in [-0.15, -0.1) is 11.8 Å². The number of rotatable bonds is 17. The average molecular weight is 755 g/mol. The van der Waals surface area contributed by atoms with Gasteiger partial charge in [-0.2, -0.15) is 0 Å². The molecular weight excluding hydrogens is 705 g/mol. The highest BCUT2D eigenvalue weighted by Gasteiger charge is 2.42. The van der Waals surface area contributed by atoms with E-state index in [2.05, 4.69) is 34.1 Å². The van der Waals surface area contributed by atoms with E-state index >= 15 is 0 Å². The Morgan fingerprint density at radius 3 is 2.21 bits per heavy atom. The summed E-state index contributed by atoms with van der Waals surface area (Å²) in [5, 5.41) is 24.7. The number of phenolic OH excluding ortho intramolecular Hbond substituents is 1. The van der Waals surface area contributed by atoms with Crippen molar-refractivity contribution in [3.8, 4) is 11.5 Å². The number of nitrogens with one attached hydrogen (secondary N) is 3. The van der Waals surface area contributed by atoms with E-state index in [0.717, 1.165) is 31.4 Å². The van der Waals surface area contributed by atoms with Crippen molar-refractivity contribution in [3.63, 3.8) is 0 Å². The number of carbonyl (C=O) groups is 3. The molecule has 0 saturated carbocycles. The van der Waals surface area contributed by atoms with Crippen molar-refractivity contribution < 1.29 is 37.8 Å². The summed E-state index contributed by atoms with van der Waals surface area (Å²) in [5.41, 5.74) is -0.675. The fourth-order valence-electron chi connectivity index (χ4n) is 6.19. The molecular formula is C38H50N4O8S2. The van der Waals surface area contributed by atoms with Crippen LogP contribution in [0.15, 0.2) is 76.5 Å². The van der Waals surface area contributed by atoms with Crippen LogP contribution >= 0.6 is 11.8 Å². The number of para-hydroxylation sites is 1. The molecule has 282 valence electrons. The second-order valence-electron chi connectivity index (χ2n) is 13.3. The first-order valence-corrected chi connectivity index (χ1v) is 20.3. The van der Waals surface area contributed by atoms with Crippen LogP contribution in [0.4, 0.5) is 11.4 Å². The van der Waals surface area contributed by atoms with Crippen LogP contribution in [0.1, 0.15) is 84.2 Å². The molecule has 0 fully saturated rings. The number of fused-ring (bicyclic) bond motifs is 1. The number of phenols is 1. The number of nitrogens with zero attached hydrogens (tertiary/aromatic N) is 1. The number of carbonyl (C=O) groups excluding carboxylic acids is 2. The first-order chi connectivity index (χ1) is 24.7. The van der Waals surface area contributed by atoms with Crippen LogP contribution in [-0.4, -0.2) is 66.9 Å². The number of hydrogen-bond donors (Lipinski definition) is 5. The standard InChI is InChI=1S/C38H50N4O8S2/c1-6-9-20-38(21-10-7-2)25-42(27-14-12-11-13-15-27)29-22-31(51-5)30(23-32(29)52(48,49)41-38)50-24-33(44)39-34(26-16-18-28(43)19-17-26)35(45)40-37(4,8-3)36(46)47/h11-19,22-23,34,41,43H,6-10,20-21,24-25H2,1-5H3,(H,39,44)(H,40,45)(H,46,47)/t34-,37?/m1/s1. The van der Waals surface area contributed by atoms with Gasteiger partial charge < -0.3 is 30.5 Å². The molecule has 1 unspecified atom stereocenters. The maximum absolute atomic E-state index is 14.3. The number of carboxylic acid groups (broad SMARTS) is 1. The Hall–Kier alpha value is -4.27. The monoisotopic (exact) mass is 754 g/mol. The van der Waals surface area contributed by atoms with Crippen molar-refractivity contribution in [2.75, 3.05) is 24.3 Å². The maximum Gasteiger partial charge on any atom is 0.329 e. The lowest BCUT2D eigenvalue weighted by Gasteiger charge is -2.37. The Balaban J connectivity index is 1.69. The minimum atomic E-state index is -4.07. The predicted octanol–water partition coefficient (Wildman–Crippen LogP) is 6.27. The Morgan fingerprint density at radius 1 is 1.02 bits per heavy atom. The number of unbranched alkanes of at least 4 members (excludes halogenated alkanes) is 2. The highest BCUT2D eigenvalue weighted by atomic mass is 32.2. The fraction of sp³-hybridized carbons (Fsp3) is 0.447. The summed E-state index contributed by atoms with van der Waals surface area (Å²) in [6.07, 6.45) is 6.77. The molecule has 1 heterocycles. The van der Waals surface area contributed by atoms with E-state index in [9.17, 15) is 33.0 Å². The summed E-state index contributed by atoms with van der Waals surface area (Å²) in [4.78, 5) is 41.4. The lowest BCUT2D eigenvalue weighted by Crippen LogP contribution is -2.55. The zero-order valence-electron chi connectivity index (χ0n) is 30.4. The van der Waals surface area contributed by atoms with Gasteiger partial charge in [0.05, 0.1) is 16.1 Å². The Morgan fingerprint density at radius 2 is 1.65 bits per heavy atom. The molecule has 0 radical (unpaired) electrons. The van der Waals surface area contributed by atoms with Crippen molar-refractivity contribution in [2.45, 2.75) is 99.6 Å². The van der Waals surface area contributed by atoms with Gasteiger partial charge in [0.25, 0.3) is 5.91 Å². The molecule has 14 heteroatoms. The highest BCUT2D eigenvalue weighted by molar-refractivity contribution is 7.98. The summed E-state index contributed by atoms with van der Waals surface area (Å²) in [6, 6.07) is 17.2. The minimum absolute atomic E-state index is 0.0216. The molecule has 0 spiro atoms. The average Bonchev–Trinajstić information content (AvgIpc) is 3.22. The van der Waals surface area contributed by atoms with E-state index in [-0.39, 0.29) is 22.8 Å². The van der Waals surface area contributed by atoms with Gasteiger partial charge in [0.15, 0.2) is 6.61 Å². The van der Waals surface area contributed by atoms with E-state index < -0.39 is 51.5 Å². The normalized spacial score (nSPS) is 16.4. The van der Waals surface area contributed by atoms with Crippen LogP contribution in [0, 0.1) is 0 Å². The van der Waals surface area contributed by atoms with Gasteiger partial charge in [-0.1, -0.05) is 76.8 Å². The molecule has 5 N–H and O–H groups in total. The first kappa shape index (κ1) is 40.5. The van der Waals surface area contributed by atoms with E-state index in [0.29, 0.717) is 35.5 Å². The second-order valence-corrected chi connectivity index (χ2v) is 15.8. The Bertz CT molecular complexity index is 1810. The summed E-state index contributed by atoms with van der Waals surface area (Å²) in [5.74, 6) is -2.61. The highest BCUT2D eigenvalue weighted by Crippen LogP contribution is 2.44. The van der Waals surface area contributed by atoms with Gasteiger partial charge in [-0.25, -0.2) is 17.9 Å². The van der Waals surface area contributed by atoms with E-state index in [1.54, 1.807) is 13.0 Å². The number of ether oxygens (including phenoxy) is 1. The molecule has 4 rings (SSSR count). The van der Waals surface area contributed by atoms with Gasteiger partial charge >= 0.3 is 5.97 Å². The summed E-state index contributed by atoms with van der Waals surface area (Å²) >= 11 is 1.34. The molecule has 3 aromatic carbocycles. The van der Waals surface area contributed by atoms with Gasteiger partial charge in [0, 0.05) is 18.3 Å². The number of anilines is 2. The van der Waals surface area contributed by atoms with Crippen LogP contribution in [0.5, 0.6) is 11.5 Å².